The molecule has 0 aliphatic rings. The molecule has 0 saturated heterocycles. The fourth-order valence-electron chi connectivity index (χ4n) is 2.57. The Hall–Kier alpha value is -2.06. The Morgan fingerprint density at radius 3 is 2.59 bits per heavy atom. The maximum atomic E-state index is 12.2. The third-order valence-electron chi connectivity index (χ3n) is 3.91. The molecule has 0 unspecified atom stereocenters. The summed E-state index contributed by atoms with van der Waals surface area (Å²) in [5.74, 6) is 0.454. The molecule has 0 radical (unpaired) electrons. The van der Waals surface area contributed by atoms with E-state index in [4.69, 9.17) is 4.74 Å². The second-order valence-corrected chi connectivity index (χ2v) is 8.79. The van der Waals surface area contributed by atoms with Crippen molar-refractivity contribution in [3.05, 3.63) is 58.6 Å². The third kappa shape index (κ3) is 6.55. The van der Waals surface area contributed by atoms with Gasteiger partial charge < -0.3 is 10.1 Å². The van der Waals surface area contributed by atoms with Gasteiger partial charge in [-0.05, 0) is 58.6 Å². The fraction of sp³-hybridized carbons (Fsp3) is 0.316. The number of carbonyl (C=O) groups is 1. The smallest absolute Gasteiger partial charge is 0.240 e. The van der Waals surface area contributed by atoms with Crippen LogP contribution in [-0.2, 0) is 21.2 Å². The average molecular weight is 455 g/mol. The van der Waals surface area contributed by atoms with Crippen LogP contribution >= 0.6 is 15.9 Å². The first-order valence-corrected chi connectivity index (χ1v) is 11.1. The Balaban J connectivity index is 1.90. The van der Waals surface area contributed by atoms with E-state index in [-0.39, 0.29) is 12.5 Å². The predicted octanol–water partition coefficient (Wildman–Crippen LogP) is 2.97. The van der Waals surface area contributed by atoms with Gasteiger partial charge >= 0.3 is 0 Å². The SMILES string of the molecule is COc1cccc(CCCNC(=O)CN(c2ccccc2Br)S(C)(=O)=O)c1. The van der Waals surface area contributed by atoms with E-state index in [0.717, 1.165) is 34.7 Å². The summed E-state index contributed by atoms with van der Waals surface area (Å²) in [6.07, 6.45) is 2.62. The zero-order valence-corrected chi connectivity index (χ0v) is 17.7. The lowest BCUT2D eigenvalue weighted by molar-refractivity contribution is -0.119. The lowest BCUT2D eigenvalue weighted by Gasteiger charge is -2.23. The Labute approximate surface area is 168 Å². The molecule has 0 aliphatic heterocycles. The molecule has 0 fully saturated rings. The number of nitrogens with one attached hydrogen (secondary N) is 1. The van der Waals surface area contributed by atoms with Gasteiger partial charge in [-0.3, -0.25) is 9.10 Å². The molecule has 1 N–H and O–H groups in total. The number of halogens is 1. The number of hydrogen-bond donors (Lipinski definition) is 1. The van der Waals surface area contributed by atoms with E-state index in [2.05, 4.69) is 21.2 Å². The van der Waals surface area contributed by atoms with Gasteiger partial charge in [0.05, 0.1) is 19.1 Å². The van der Waals surface area contributed by atoms with Crippen molar-refractivity contribution in [2.24, 2.45) is 0 Å². The number of sulfonamides is 1. The number of aryl methyl sites for hydroxylation is 1. The fourth-order valence-corrected chi connectivity index (χ4v) is 4.05. The van der Waals surface area contributed by atoms with Crippen molar-refractivity contribution in [2.45, 2.75) is 12.8 Å². The number of hydrogen-bond acceptors (Lipinski definition) is 4. The third-order valence-corrected chi connectivity index (χ3v) is 5.70. The Bertz CT molecular complexity index is 887. The quantitative estimate of drug-likeness (QED) is 0.590. The van der Waals surface area contributed by atoms with Crippen molar-refractivity contribution in [1.29, 1.82) is 0 Å². The van der Waals surface area contributed by atoms with Gasteiger partial charge in [0.2, 0.25) is 15.9 Å². The molecule has 1 amide bonds. The summed E-state index contributed by atoms with van der Waals surface area (Å²) in [5.41, 5.74) is 1.56. The van der Waals surface area contributed by atoms with Crippen LogP contribution < -0.4 is 14.4 Å². The minimum absolute atomic E-state index is 0.263. The molecular formula is C19H23BrN2O4S. The minimum Gasteiger partial charge on any atom is -0.497 e. The number of anilines is 1. The Morgan fingerprint density at radius 2 is 1.93 bits per heavy atom. The first kappa shape index (κ1) is 21.2. The molecule has 0 aliphatic carbocycles. The van der Waals surface area contributed by atoms with Crippen molar-refractivity contribution in [3.63, 3.8) is 0 Å². The van der Waals surface area contributed by atoms with Gasteiger partial charge in [-0.1, -0.05) is 24.3 Å². The largest absolute Gasteiger partial charge is 0.497 e. The van der Waals surface area contributed by atoms with Crippen LogP contribution in [0.5, 0.6) is 5.75 Å². The molecule has 0 bridgehead atoms. The van der Waals surface area contributed by atoms with Crippen LogP contribution in [0.25, 0.3) is 0 Å². The van der Waals surface area contributed by atoms with Crippen LogP contribution in [0.3, 0.4) is 0 Å². The number of amides is 1. The van der Waals surface area contributed by atoms with Crippen molar-refractivity contribution >= 4 is 37.5 Å². The molecule has 0 aromatic heterocycles. The van der Waals surface area contributed by atoms with E-state index in [1.165, 1.54) is 0 Å². The highest BCUT2D eigenvalue weighted by atomic mass is 79.9. The molecule has 0 heterocycles. The van der Waals surface area contributed by atoms with E-state index in [1.54, 1.807) is 31.4 Å². The maximum absolute atomic E-state index is 12.2. The molecule has 8 heteroatoms. The topological polar surface area (TPSA) is 75.7 Å². The molecule has 27 heavy (non-hydrogen) atoms. The Kier molecular flexibility index (Phi) is 7.67. The summed E-state index contributed by atoms with van der Waals surface area (Å²) in [4.78, 5) is 12.2. The van der Waals surface area contributed by atoms with Gasteiger partial charge in [0, 0.05) is 11.0 Å². The van der Waals surface area contributed by atoms with Crippen LogP contribution in [0, 0.1) is 0 Å². The van der Waals surface area contributed by atoms with Crippen LogP contribution in [0.2, 0.25) is 0 Å². The molecule has 0 spiro atoms. The summed E-state index contributed by atoms with van der Waals surface area (Å²) in [5, 5.41) is 2.78. The summed E-state index contributed by atoms with van der Waals surface area (Å²) < 4.78 is 31.1. The standard InChI is InChI=1S/C19H23BrN2O4S/c1-26-16-9-5-7-15(13-16)8-6-12-21-19(23)14-22(27(2,24)25)18-11-4-3-10-17(18)20/h3-5,7,9-11,13H,6,8,12,14H2,1-2H3,(H,21,23). The number of methoxy groups -OCH3 is 1. The molecule has 0 saturated carbocycles. The molecule has 0 atom stereocenters. The van der Waals surface area contributed by atoms with E-state index in [0.29, 0.717) is 16.7 Å². The highest BCUT2D eigenvalue weighted by molar-refractivity contribution is 9.10. The summed E-state index contributed by atoms with van der Waals surface area (Å²) >= 11 is 3.33. The maximum Gasteiger partial charge on any atom is 0.240 e. The van der Waals surface area contributed by atoms with E-state index in [1.807, 2.05) is 24.3 Å². The normalized spacial score (nSPS) is 11.1. The summed E-state index contributed by atoms with van der Waals surface area (Å²) in [6, 6.07) is 14.7. The number of ether oxygens (including phenoxy) is 1. The van der Waals surface area contributed by atoms with Gasteiger partial charge in [-0.15, -0.1) is 0 Å². The second-order valence-electron chi connectivity index (χ2n) is 6.03. The van der Waals surface area contributed by atoms with Crippen molar-refractivity contribution in [2.75, 3.05) is 30.8 Å². The number of para-hydroxylation sites is 1. The van der Waals surface area contributed by atoms with Crippen LogP contribution in [0.1, 0.15) is 12.0 Å². The lowest BCUT2D eigenvalue weighted by Crippen LogP contribution is -2.40. The van der Waals surface area contributed by atoms with Gasteiger partial charge in [0.15, 0.2) is 0 Å². The highest BCUT2D eigenvalue weighted by Crippen LogP contribution is 2.27. The van der Waals surface area contributed by atoms with E-state index >= 15 is 0 Å². The first-order chi connectivity index (χ1) is 12.8. The minimum atomic E-state index is -3.59. The van der Waals surface area contributed by atoms with Crippen molar-refractivity contribution in [3.8, 4) is 5.75 Å². The summed E-state index contributed by atoms with van der Waals surface area (Å²) in [6.45, 7) is 0.199. The van der Waals surface area contributed by atoms with Crippen molar-refractivity contribution in [1.82, 2.24) is 5.32 Å². The molecular weight excluding hydrogens is 432 g/mol. The van der Waals surface area contributed by atoms with Gasteiger partial charge in [0.1, 0.15) is 12.3 Å². The molecule has 2 aromatic carbocycles. The molecule has 6 nitrogen and oxygen atoms in total. The first-order valence-electron chi connectivity index (χ1n) is 8.43. The zero-order valence-electron chi connectivity index (χ0n) is 15.3. The summed E-state index contributed by atoms with van der Waals surface area (Å²) in [7, 11) is -1.97. The van der Waals surface area contributed by atoms with Crippen molar-refractivity contribution < 1.29 is 17.9 Å². The molecule has 2 rings (SSSR count). The lowest BCUT2D eigenvalue weighted by atomic mass is 10.1. The monoisotopic (exact) mass is 454 g/mol. The number of nitrogens with zero attached hydrogens (tertiary/aromatic N) is 1. The molecule has 146 valence electrons. The Morgan fingerprint density at radius 1 is 1.19 bits per heavy atom. The number of carbonyl (C=O) groups excluding carboxylic acids is 1. The van der Waals surface area contributed by atoms with Crippen LogP contribution in [-0.4, -0.2) is 40.8 Å². The van der Waals surface area contributed by atoms with Crippen LogP contribution in [0.4, 0.5) is 5.69 Å². The molecule has 2 aromatic rings. The number of rotatable bonds is 9. The predicted molar refractivity (Wildman–Crippen MR) is 111 cm³/mol. The van der Waals surface area contributed by atoms with E-state index in [9.17, 15) is 13.2 Å². The number of benzene rings is 2. The second kappa shape index (κ2) is 9.75. The van der Waals surface area contributed by atoms with E-state index < -0.39 is 10.0 Å². The zero-order chi connectivity index (χ0) is 19.9. The van der Waals surface area contributed by atoms with Gasteiger partial charge in [-0.25, -0.2) is 8.42 Å². The highest BCUT2D eigenvalue weighted by Gasteiger charge is 2.22. The van der Waals surface area contributed by atoms with Gasteiger partial charge in [0.25, 0.3) is 0 Å². The van der Waals surface area contributed by atoms with Crippen LogP contribution in [0.15, 0.2) is 53.0 Å². The average Bonchev–Trinajstić information content (AvgIpc) is 2.63. The van der Waals surface area contributed by atoms with Gasteiger partial charge in [-0.2, -0.15) is 0 Å².